The number of ether oxygens (including phenoxy) is 1. The second-order valence-corrected chi connectivity index (χ2v) is 8.01. The molecule has 134 valence electrons. The average molecular weight is 345 g/mol. The zero-order valence-electron chi connectivity index (χ0n) is 14.7. The van der Waals surface area contributed by atoms with Crippen molar-refractivity contribution >= 4 is 22.9 Å². The normalized spacial score (nSPS) is 23.3. The van der Waals surface area contributed by atoms with Gasteiger partial charge in [0.1, 0.15) is 5.60 Å². The first-order valence-electron chi connectivity index (χ1n) is 8.64. The van der Waals surface area contributed by atoms with Gasteiger partial charge in [0.15, 0.2) is 5.58 Å². The number of oxazole rings is 1. The average Bonchev–Trinajstić information content (AvgIpc) is 3.14. The summed E-state index contributed by atoms with van der Waals surface area (Å²) in [7, 11) is 0. The standard InChI is InChI=1S/C18H23N3O4/c1-18(2,3)25-17(23)21-9-11-7-20(8-12(11)10-21)13-4-5-14-15(6-13)24-16(22)19-14/h4-6,11-12H,7-10H2,1-3H3,(H,19,22)/t11-,12+. The Kier molecular flexibility index (Phi) is 3.56. The molecule has 7 heteroatoms. The molecular weight excluding hydrogens is 322 g/mol. The highest BCUT2D eigenvalue weighted by Crippen LogP contribution is 2.35. The highest BCUT2D eigenvalue weighted by molar-refractivity contribution is 5.77. The molecule has 0 saturated carbocycles. The maximum absolute atomic E-state index is 12.2. The van der Waals surface area contributed by atoms with E-state index in [1.165, 1.54) is 0 Å². The van der Waals surface area contributed by atoms with Crippen LogP contribution in [0.15, 0.2) is 27.4 Å². The smallest absolute Gasteiger partial charge is 0.417 e. The summed E-state index contributed by atoms with van der Waals surface area (Å²) in [6, 6.07) is 5.77. The number of rotatable bonds is 1. The number of hydrogen-bond donors (Lipinski definition) is 1. The quantitative estimate of drug-likeness (QED) is 0.859. The fourth-order valence-corrected chi connectivity index (χ4v) is 3.81. The number of aromatic nitrogens is 1. The lowest BCUT2D eigenvalue weighted by Crippen LogP contribution is -2.37. The third kappa shape index (κ3) is 3.10. The van der Waals surface area contributed by atoms with Gasteiger partial charge in [-0.05, 0) is 32.9 Å². The van der Waals surface area contributed by atoms with Crippen LogP contribution in [0.5, 0.6) is 0 Å². The first kappa shape index (κ1) is 16.1. The Morgan fingerprint density at radius 1 is 1.20 bits per heavy atom. The first-order valence-corrected chi connectivity index (χ1v) is 8.64. The maximum Gasteiger partial charge on any atom is 0.417 e. The Bertz CT molecular complexity index is 849. The number of nitrogens with zero attached hydrogens (tertiary/aromatic N) is 2. The van der Waals surface area contributed by atoms with Gasteiger partial charge in [-0.3, -0.25) is 4.98 Å². The molecule has 1 aromatic carbocycles. The monoisotopic (exact) mass is 345 g/mol. The lowest BCUT2D eigenvalue weighted by atomic mass is 10.0. The Balaban J connectivity index is 1.43. The van der Waals surface area contributed by atoms with E-state index in [1.807, 2.05) is 43.9 Å². The minimum atomic E-state index is -0.462. The fourth-order valence-electron chi connectivity index (χ4n) is 3.81. The highest BCUT2D eigenvalue weighted by atomic mass is 16.6. The molecular formula is C18H23N3O4. The lowest BCUT2D eigenvalue weighted by Gasteiger charge is -2.26. The van der Waals surface area contributed by atoms with Crippen molar-refractivity contribution in [1.29, 1.82) is 0 Å². The topological polar surface area (TPSA) is 78.8 Å². The van der Waals surface area contributed by atoms with E-state index >= 15 is 0 Å². The van der Waals surface area contributed by atoms with E-state index < -0.39 is 11.4 Å². The van der Waals surface area contributed by atoms with Crippen LogP contribution in [0, 0.1) is 11.8 Å². The molecule has 2 saturated heterocycles. The van der Waals surface area contributed by atoms with Crippen molar-refractivity contribution in [2.24, 2.45) is 11.8 Å². The molecule has 3 heterocycles. The first-order chi connectivity index (χ1) is 11.8. The number of amides is 1. The Hall–Kier alpha value is -2.44. The van der Waals surface area contributed by atoms with Crippen LogP contribution in [0.3, 0.4) is 0 Å². The zero-order valence-corrected chi connectivity index (χ0v) is 14.7. The van der Waals surface area contributed by atoms with E-state index in [2.05, 4.69) is 9.88 Å². The Labute approximate surface area is 145 Å². The number of H-pyrrole nitrogens is 1. The number of nitrogens with one attached hydrogen (secondary N) is 1. The van der Waals surface area contributed by atoms with E-state index in [4.69, 9.17) is 9.15 Å². The van der Waals surface area contributed by atoms with Gasteiger partial charge >= 0.3 is 11.8 Å². The third-order valence-electron chi connectivity index (χ3n) is 4.91. The van der Waals surface area contributed by atoms with Crippen LogP contribution >= 0.6 is 0 Å². The second kappa shape index (κ2) is 5.54. The Morgan fingerprint density at radius 3 is 2.52 bits per heavy atom. The number of aromatic amines is 1. The molecule has 0 spiro atoms. The van der Waals surface area contributed by atoms with Gasteiger partial charge in [0, 0.05) is 49.8 Å². The fraction of sp³-hybridized carbons (Fsp3) is 0.556. The van der Waals surface area contributed by atoms with Crippen molar-refractivity contribution in [2.75, 3.05) is 31.1 Å². The molecule has 0 unspecified atom stereocenters. The van der Waals surface area contributed by atoms with Crippen LogP contribution < -0.4 is 10.7 Å². The Morgan fingerprint density at radius 2 is 1.88 bits per heavy atom. The molecule has 2 aromatic rings. The van der Waals surface area contributed by atoms with Gasteiger partial charge in [-0.25, -0.2) is 9.59 Å². The zero-order chi connectivity index (χ0) is 17.8. The van der Waals surface area contributed by atoms with Crippen LogP contribution in [0.1, 0.15) is 20.8 Å². The van der Waals surface area contributed by atoms with Crippen LogP contribution in [0.4, 0.5) is 10.5 Å². The molecule has 1 aromatic heterocycles. The summed E-state index contributed by atoms with van der Waals surface area (Å²) in [5, 5.41) is 0. The van der Waals surface area contributed by atoms with Gasteiger partial charge in [-0.15, -0.1) is 0 Å². The third-order valence-corrected chi connectivity index (χ3v) is 4.91. The molecule has 1 amide bonds. The van der Waals surface area contributed by atoms with Crippen LogP contribution in [-0.4, -0.2) is 47.8 Å². The minimum Gasteiger partial charge on any atom is -0.444 e. The van der Waals surface area contributed by atoms with E-state index in [0.717, 1.165) is 31.9 Å². The molecule has 2 aliphatic heterocycles. The molecule has 2 aliphatic rings. The SMILES string of the molecule is CC(C)(C)OC(=O)N1C[C@@H]2CN(c3ccc4[nH]c(=O)oc4c3)C[C@@H]2C1. The number of anilines is 1. The molecule has 0 aliphatic carbocycles. The van der Waals surface area contributed by atoms with Crippen molar-refractivity contribution in [1.82, 2.24) is 9.88 Å². The summed E-state index contributed by atoms with van der Waals surface area (Å²) in [5.74, 6) is 0.460. The van der Waals surface area contributed by atoms with Gasteiger partial charge in [0.25, 0.3) is 0 Å². The summed E-state index contributed by atoms with van der Waals surface area (Å²) < 4.78 is 10.6. The molecule has 0 bridgehead atoms. The highest BCUT2D eigenvalue weighted by Gasteiger charge is 2.42. The van der Waals surface area contributed by atoms with Crippen molar-refractivity contribution in [3.05, 3.63) is 28.7 Å². The van der Waals surface area contributed by atoms with E-state index in [-0.39, 0.29) is 6.09 Å². The summed E-state index contributed by atoms with van der Waals surface area (Å²) in [6.07, 6.45) is -0.219. The number of carbonyl (C=O) groups is 1. The van der Waals surface area contributed by atoms with E-state index in [1.54, 1.807) is 0 Å². The number of fused-ring (bicyclic) bond motifs is 2. The van der Waals surface area contributed by atoms with Crippen LogP contribution in [0.2, 0.25) is 0 Å². The van der Waals surface area contributed by atoms with Crippen LogP contribution in [0.25, 0.3) is 11.1 Å². The number of likely N-dealkylation sites (tertiary alicyclic amines) is 1. The second-order valence-electron chi connectivity index (χ2n) is 8.01. The summed E-state index contributed by atoms with van der Waals surface area (Å²) in [6.45, 7) is 8.92. The number of carbonyl (C=O) groups excluding carboxylic acids is 1. The molecule has 2 atom stereocenters. The molecule has 25 heavy (non-hydrogen) atoms. The minimum absolute atomic E-state index is 0.219. The van der Waals surface area contributed by atoms with Crippen molar-refractivity contribution < 1.29 is 13.9 Å². The summed E-state index contributed by atoms with van der Waals surface area (Å²) in [4.78, 5) is 30.3. The lowest BCUT2D eigenvalue weighted by molar-refractivity contribution is 0.0282. The van der Waals surface area contributed by atoms with Crippen molar-refractivity contribution in [3.8, 4) is 0 Å². The van der Waals surface area contributed by atoms with Gasteiger partial charge in [0.05, 0.1) is 5.52 Å². The number of benzene rings is 1. The molecule has 1 N–H and O–H groups in total. The van der Waals surface area contributed by atoms with E-state index in [9.17, 15) is 9.59 Å². The van der Waals surface area contributed by atoms with Gasteiger partial charge in [-0.2, -0.15) is 0 Å². The largest absolute Gasteiger partial charge is 0.444 e. The molecule has 2 fully saturated rings. The predicted molar refractivity (Wildman–Crippen MR) is 93.8 cm³/mol. The summed E-state index contributed by atoms with van der Waals surface area (Å²) >= 11 is 0. The molecule has 0 radical (unpaired) electrons. The van der Waals surface area contributed by atoms with Crippen molar-refractivity contribution in [3.63, 3.8) is 0 Å². The molecule has 4 rings (SSSR count). The van der Waals surface area contributed by atoms with Crippen LogP contribution in [-0.2, 0) is 4.74 Å². The number of hydrogen-bond acceptors (Lipinski definition) is 5. The maximum atomic E-state index is 12.2. The van der Waals surface area contributed by atoms with Crippen molar-refractivity contribution in [2.45, 2.75) is 26.4 Å². The van der Waals surface area contributed by atoms with E-state index in [0.29, 0.717) is 22.9 Å². The molecule has 7 nitrogen and oxygen atoms in total. The van der Waals surface area contributed by atoms with Gasteiger partial charge < -0.3 is 19.0 Å². The van der Waals surface area contributed by atoms with Gasteiger partial charge in [0.2, 0.25) is 0 Å². The predicted octanol–water partition coefficient (Wildman–Crippen LogP) is 2.42. The van der Waals surface area contributed by atoms with Gasteiger partial charge in [-0.1, -0.05) is 0 Å². The summed E-state index contributed by atoms with van der Waals surface area (Å²) in [5.41, 5.74) is 1.88.